The van der Waals surface area contributed by atoms with Crippen LogP contribution >= 0.6 is 27.7 Å². The molecule has 108 valence electrons. The largest absolute Gasteiger partial charge is 0.496 e. The van der Waals surface area contributed by atoms with Gasteiger partial charge in [-0.1, -0.05) is 30.7 Å². The van der Waals surface area contributed by atoms with Crippen molar-refractivity contribution in [3.05, 3.63) is 28.2 Å². The monoisotopic (exact) mass is 354 g/mol. The van der Waals surface area contributed by atoms with Crippen LogP contribution in [0.5, 0.6) is 5.75 Å². The second-order valence-corrected chi connectivity index (χ2v) is 7.11. The zero-order valence-electron chi connectivity index (χ0n) is 11.6. The number of hydrogen-bond donors (Lipinski definition) is 1. The molecule has 20 heavy (non-hydrogen) atoms. The van der Waals surface area contributed by atoms with Crippen molar-refractivity contribution in [2.24, 2.45) is 4.99 Å². The molecule has 1 aliphatic heterocycles. The highest BCUT2D eigenvalue weighted by Gasteiger charge is 2.30. The van der Waals surface area contributed by atoms with Gasteiger partial charge in [0.2, 0.25) is 0 Å². The van der Waals surface area contributed by atoms with E-state index in [1.807, 2.05) is 6.07 Å². The second-order valence-electron chi connectivity index (χ2n) is 5.29. The maximum absolute atomic E-state index is 5.25. The lowest BCUT2D eigenvalue weighted by Crippen LogP contribution is -2.36. The maximum atomic E-state index is 5.25. The third kappa shape index (κ3) is 3.14. The van der Waals surface area contributed by atoms with Crippen LogP contribution in [0.15, 0.2) is 27.7 Å². The van der Waals surface area contributed by atoms with Gasteiger partial charge in [-0.25, -0.2) is 0 Å². The molecule has 1 N–H and O–H groups in total. The standard InChI is InChI=1S/C15H19BrN2OS/c1-19-14-7-6-10(8-11(14)16)9-20-15-17-12-4-2-3-5-13(12)18-15/h6-8,12-13H,2-5,9H2,1H3,(H,17,18)/t12-,13+. The number of amidine groups is 1. The Bertz CT molecular complexity index is 521. The summed E-state index contributed by atoms with van der Waals surface area (Å²) in [6, 6.07) is 7.35. The first-order valence-corrected chi connectivity index (χ1v) is 8.83. The molecule has 0 aromatic heterocycles. The quantitative estimate of drug-likeness (QED) is 0.891. The first-order chi connectivity index (χ1) is 9.76. The number of hydrogen-bond acceptors (Lipinski definition) is 4. The molecule has 1 heterocycles. The van der Waals surface area contributed by atoms with E-state index in [4.69, 9.17) is 9.73 Å². The molecule has 1 saturated carbocycles. The highest BCUT2D eigenvalue weighted by Crippen LogP contribution is 2.30. The third-order valence-corrected chi connectivity index (χ3v) is 5.51. The Kier molecular flexibility index (Phi) is 4.56. The Balaban J connectivity index is 1.58. The number of fused-ring (bicyclic) bond motifs is 1. The summed E-state index contributed by atoms with van der Waals surface area (Å²) < 4.78 is 6.26. The molecular formula is C15H19BrN2OS. The van der Waals surface area contributed by atoms with E-state index in [1.165, 1.54) is 31.2 Å². The van der Waals surface area contributed by atoms with Gasteiger partial charge in [0.15, 0.2) is 5.17 Å². The Morgan fingerprint density at radius 3 is 3.00 bits per heavy atom. The molecule has 0 radical (unpaired) electrons. The molecule has 0 spiro atoms. The maximum Gasteiger partial charge on any atom is 0.157 e. The van der Waals surface area contributed by atoms with Gasteiger partial charge >= 0.3 is 0 Å². The molecule has 0 saturated heterocycles. The van der Waals surface area contributed by atoms with Crippen molar-refractivity contribution in [3.8, 4) is 5.75 Å². The summed E-state index contributed by atoms with van der Waals surface area (Å²) >= 11 is 5.33. The topological polar surface area (TPSA) is 33.6 Å². The Hall–Kier alpha value is -0.680. The van der Waals surface area contributed by atoms with E-state index in [0.717, 1.165) is 21.1 Å². The van der Waals surface area contributed by atoms with E-state index in [0.29, 0.717) is 12.1 Å². The van der Waals surface area contributed by atoms with E-state index >= 15 is 0 Å². The van der Waals surface area contributed by atoms with E-state index in [1.54, 1.807) is 18.9 Å². The zero-order valence-corrected chi connectivity index (χ0v) is 14.0. The molecule has 1 aromatic carbocycles. The summed E-state index contributed by atoms with van der Waals surface area (Å²) in [6.07, 6.45) is 5.19. The van der Waals surface area contributed by atoms with Gasteiger partial charge in [-0.3, -0.25) is 4.99 Å². The third-order valence-electron chi connectivity index (χ3n) is 3.91. The number of rotatable bonds is 3. The summed E-state index contributed by atoms with van der Waals surface area (Å²) in [6.45, 7) is 0. The van der Waals surface area contributed by atoms with Crippen molar-refractivity contribution < 1.29 is 4.74 Å². The minimum Gasteiger partial charge on any atom is -0.496 e. The summed E-state index contributed by atoms with van der Waals surface area (Å²) in [4.78, 5) is 4.81. The number of thioether (sulfide) groups is 1. The molecule has 0 amide bonds. The van der Waals surface area contributed by atoms with E-state index < -0.39 is 0 Å². The van der Waals surface area contributed by atoms with Crippen LogP contribution in [0, 0.1) is 0 Å². The van der Waals surface area contributed by atoms with Crippen LogP contribution in [0.4, 0.5) is 0 Å². The zero-order chi connectivity index (χ0) is 13.9. The van der Waals surface area contributed by atoms with E-state index in [-0.39, 0.29) is 0 Å². The van der Waals surface area contributed by atoms with Gasteiger partial charge in [-0.2, -0.15) is 0 Å². The van der Waals surface area contributed by atoms with Crippen LogP contribution in [-0.2, 0) is 5.75 Å². The van der Waals surface area contributed by atoms with Crippen LogP contribution < -0.4 is 10.1 Å². The molecular weight excluding hydrogens is 336 g/mol. The molecule has 3 rings (SSSR count). The van der Waals surface area contributed by atoms with Gasteiger partial charge in [0, 0.05) is 5.75 Å². The minimum atomic E-state index is 0.522. The van der Waals surface area contributed by atoms with Gasteiger partial charge in [-0.15, -0.1) is 0 Å². The molecule has 3 nitrogen and oxygen atoms in total. The predicted molar refractivity (Wildman–Crippen MR) is 88.6 cm³/mol. The van der Waals surface area contributed by atoms with Crippen LogP contribution in [0.1, 0.15) is 31.2 Å². The van der Waals surface area contributed by atoms with Gasteiger partial charge in [0.05, 0.1) is 23.7 Å². The number of nitrogens with zero attached hydrogens (tertiary/aromatic N) is 1. The van der Waals surface area contributed by atoms with Crippen molar-refractivity contribution in [1.29, 1.82) is 0 Å². The molecule has 5 heteroatoms. The second kappa shape index (κ2) is 6.39. The Labute approximate surface area is 132 Å². The van der Waals surface area contributed by atoms with Crippen LogP contribution in [0.3, 0.4) is 0 Å². The highest BCUT2D eigenvalue weighted by molar-refractivity contribution is 9.10. The first kappa shape index (κ1) is 14.3. The average molecular weight is 355 g/mol. The smallest absolute Gasteiger partial charge is 0.157 e. The van der Waals surface area contributed by atoms with Gasteiger partial charge in [0.1, 0.15) is 5.75 Å². The van der Waals surface area contributed by atoms with Gasteiger partial charge in [-0.05, 0) is 46.5 Å². The lowest BCUT2D eigenvalue weighted by atomic mass is 9.92. The van der Waals surface area contributed by atoms with Crippen molar-refractivity contribution in [3.63, 3.8) is 0 Å². The van der Waals surface area contributed by atoms with Gasteiger partial charge < -0.3 is 10.1 Å². The molecule has 0 unspecified atom stereocenters. The summed E-state index contributed by atoms with van der Waals surface area (Å²) in [5, 5.41) is 4.70. The van der Waals surface area contributed by atoms with Crippen LogP contribution in [0.25, 0.3) is 0 Å². The normalized spacial score (nSPS) is 24.8. The fourth-order valence-electron chi connectivity index (χ4n) is 2.81. The number of halogens is 1. The van der Waals surface area contributed by atoms with Crippen molar-refractivity contribution in [2.45, 2.75) is 43.5 Å². The molecule has 2 atom stereocenters. The lowest BCUT2D eigenvalue weighted by molar-refractivity contribution is 0.385. The molecule has 2 aliphatic rings. The Morgan fingerprint density at radius 2 is 2.25 bits per heavy atom. The molecule has 0 bridgehead atoms. The number of nitrogens with one attached hydrogen (secondary N) is 1. The predicted octanol–water partition coefficient (Wildman–Crippen LogP) is 3.96. The van der Waals surface area contributed by atoms with E-state index in [9.17, 15) is 0 Å². The SMILES string of the molecule is COc1ccc(CSC2=N[C@@H]3CCCC[C@@H]3N2)cc1Br. The Morgan fingerprint density at radius 1 is 1.40 bits per heavy atom. The van der Waals surface area contributed by atoms with E-state index in [2.05, 4.69) is 33.4 Å². The highest BCUT2D eigenvalue weighted by atomic mass is 79.9. The summed E-state index contributed by atoms with van der Waals surface area (Å²) in [7, 11) is 1.69. The minimum absolute atomic E-state index is 0.522. The number of benzene rings is 1. The summed E-state index contributed by atoms with van der Waals surface area (Å²) in [5.41, 5.74) is 1.28. The van der Waals surface area contributed by atoms with Crippen molar-refractivity contribution in [2.75, 3.05) is 7.11 Å². The van der Waals surface area contributed by atoms with Crippen LogP contribution in [0.2, 0.25) is 0 Å². The van der Waals surface area contributed by atoms with Crippen molar-refractivity contribution in [1.82, 2.24) is 5.32 Å². The number of aliphatic imine (C=N–C) groups is 1. The fourth-order valence-corrected chi connectivity index (χ4v) is 4.33. The molecule has 1 fully saturated rings. The lowest BCUT2D eigenvalue weighted by Gasteiger charge is -2.23. The number of methoxy groups -OCH3 is 1. The van der Waals surface area contributed by atoms with Crippen molar-refractivity contribution >= 4 is 32.9 Å². The first-order valence-electron chi connectivity index (χ1n) is 7.06. The number of ether oxygens (including phenoxy) is 1. The fraction of sp³-hybridized carbons (Fsp3) is 0.533. The summed E-state index contributed by atoms with van der Waals surface area (Å²) in [5.74, 6) is 1.81. The van der Waals surface area contributed by atoms with Gasteiger partial charge in [0.25, 0.3) is 0 Å². The molecule has 1 aromatic rings. The average Bonchev–Trinajstić information content (AvgIpc) is 2.88. The molecule has 1 aliphatic carbocycles. The van der Waals surface area contributed by atoms with Crippen LogP contribution in [-0.4, -0.2) is 24.4 Å².